The lowest BCUT2D eigenvalue weighted by Crippen LogP contribution is -2.41. The summed E-state index contributed by atoms with van der Waals surface area (Å²) in [5.41, 5.74) is 8.90. The molecular weight excluding hydrogens is 444 g/mol. The highest BCUT2D eigenvalue weighted by Crippen LogP contribution is 2.44. The van der Waals surface area contributed by atoms with Crippen LogP contribution in [0.4, 0.5) is 5.69 Å². The Hall–Kier alpha value is -4.09. The first kappa shape index (κ1) is 24.0. The van der Waals surface area contributed by atoms with Crippen molar-refractivity contribution in [3.05, 3.63) is 88.4 Å². The Labute approximate surface area is 204 Å². The first-order valence-electron chi connectivity index (χ1n) is 11.5. The minimum Gasteiger partial charge on any atom is -0.466 e. The third-order valence-corrected chi connectivity index (χ3v) is 6.44. The van der Waals surface area contributed by atoms with Crippen LogP contribution in [0.15, 0.2) is 77.3 Å². The summed E-state index contributed by atoms with van der Waals surface area (Å²) in [4.78, 5) is 30.2. The lowest BCUT2D eigenvalue weighted by atomic mass is 9.80. The van der Waals surface area contributed by atoms with Gasteiger partial charge < -0.3 is 15.2 Å². The number of ether oxygens (including phenoxy) is 2. The van der Waals surface area contributed by atoms with Crippen LogP contribution in [-0.4, -0.2) is 44.1 Å². The summed E-state index contributed by atoms with van der Waals surface area (Å²) in [5, 5.41) is 10.2. The summed E-state index contributed by atoms with van der Waals surface area (Å²) < 4.78 is 10.2. The van der Waals surface area contributed by atoms with Crippen LogP contribution >= 0.6 is 0 Å². The molecule has 2 aliphatic heterocycles. The summed E-state index contributed by atoms with van der Waals surface area (Å²) in [6.45, 7) is 2.60. The van der Waals surface area contributed by atoms with Crippen molar-refractivity contribution in [1.29, 1.82) is 5.26 Å². The number of carbonyl (C=O) groups is 2. The van der Waals surface area contributed by atoms with E-state index in [1.807, 2.05) is 30.3 Å². The van der Waals surface area contributed by atoms with Crippen LogP contribution in [0.3, 0.4) is 0 Å². The van der Waals surface area contributed by atoms with Gasteiger partial charge in [0, 0.05) is 6.54 Å². The number of benzene rings is 2. The second kappa shape index (κ2) is 10.5. The molecule has 2 aromatic rings. The second-order valence-electron chi connectivity index (χ2n) is 8.45. The summed E-state index contributed by atoms with van der Waals surface area (Å²) >= 11 is 0. The molecule has 1 unspecified atom stereocenters. The molecule has 8 nitrogen and oxygen atoms in total. The highest BCUT2D eigenvalue weighted by Gasteiger charge is 2.43. The normalized spacial score (nSPS) is 18.4. The summed E-state index contributed by atoms with van der Waals surface area (Å²) in [6.07, 6.45) is 2.26. The number of rotatable bonds is 6. The highest BCUT2D eigenvalue weighted by atomic mass is 16.5. The van der Waals surface area contributed by atoms with Crippen LogP contribution in [-0.2, 0) is 25.6 Å². The van der Waals surface area contributed by atoms with Gasteiger partial charge in [-0.15, -0.1) is 0 Å². The standard InChI is InChI=1S/C27H28N4O4/c1-34-26(32)23-22(18-10-4-3-5-11-18)20(16-28)25(29)31(24(23)27(33)35-2)21-13-7-6-12-19(21)17-30-14-8-9-15-30/h3-7,10-13,22H,8-9,14-15,17,29H2,1-2H3. The molecule has 1 saturated heterocycles. The number of methoxy groups -OCH3 is 2. The molecule has 0 bridgehead atoms. The Kier molecular flexibility index (Phi) is 7.18. The predicted molar refractivity (Wildman–Crippen MR) is 130 cm³/mol. The van der Waals surface area contributed by atoms with E-state index >= 15 is 0 Å². The fourth-order valence-electron chi connectivity index (χ4n) is 4.81. The number of likely N-dealkylation sites (tertiary alicyclic amines) is 1. The van der Waals surface area contributed by atoms with Crippen molar-refractivity contribution >= 4 is 17.6 Å². The van der Waals surface area contributed by atoms with Gasteiger partial charge in [0.2, 0.25) is 0 Å². The minimum atomic E-state index is -0.884. The van der Waals surface area contributed by atoms with Crippen LogP contribution in [0.25, 0.3) is 0 Å². The third kappa shape index (κ3) is 4.51. The van der Waals surface area contributed by atoms with Crippen LogP contribution in [0.5, 0.6) is 0 Å². The molecule has 1 fully saturated rings. The number of nitrogens with two attached hydrogens (primary N) is 1. The number of hydrogen-bond acceptors (Lipinski definition) is 8. The Morgan fingerprint density at radius 3 is 2.26 bits per heavy atom. The number of anilines is 1. The van der Waals surface area contributed by atoms with Crippen molar-refractivity contribution in [2.75, 3.05) is 32.2 Å². The van der Waals surface area contributed by atoms with Gasteiger partial charge in [0.15, 0.2) is 0 Å². The molecule has 2 heterocycles. The molecule has 1 atom stereocenters. The Morgan fingerprint density at radius 2 is 1.63 bits per heavy atom. The SMILES string of the molecule is COC(=O)C1=C(C(=O)OC)N(c2ccccc2CN2CCCC2)C(N)=C(C#N)C1c1ccccc1. The molecule has 35 heavy (non-hydrogen) atoms. The van der Waals surface area contributed by atoms with E-state index in [9.17, 15) is 14.9 Å². The number of hydrogen-bond donors (Lipinski definition) is 1. The van der Waals surface area contributed by atoms with Gasteiger partial charge in [-0.1, -0.05) is 48.5 Å². The van der Waals surface area contributed by atoms with Crippen LogP contribution in [0.1, 0.15) is 29.9 Å². The van der Waals surface area contributed by atoms with E-state index in [4.69, 9.17) is 15.2 Å². The molecular formula is C27H28N4O4. The number of nitriles is 1. The quantitative estimate of drug-likeness (QED) is 0.639. The lowest BCUT2D eigenvalue weighted by molar-refractivity contribution is -0.139. The molecule has 180 valence electrons. The number of nitrogens with zero attached hydrogens (tertiary/aromatic N) is 3. The second-order valence-corrected chi connectivity index (χ2v) is 8.45. The molecule has 0 saturated carbocycles. The van der Waals surface area contributed by atoms with Crippen molar-refractivity contribution < 1.29 is 19.1 Å². The van der Waals surface area contributed by atoms with E-state index in [2.05, 4.69) is 11.0 Å². The van der Waals surface area contributed by atoms with Crippen molar-refractivity contribution in [2.45, 2.75) is 25.3 Å². The van der Waals surface area contributed by atoms with Gasteiger partial charge in [-0.3, -0.25) is 9.80 Å². The maximum Gasteiger partial charge on any atom is 0.355 e. The molecule has 0 radical (unpaired) electrons. The van der Waals surface area contributed by atoms with E-state index in [0.717, 1.165) is 31.5 Å². The Balaban J connectivity index is 1.99. The third-order valence-electron chi connectivity index (χ3n) is 6.44. The average Bonchev–Trinajstić information content (AvgIpc) is 3.41. The van der Waals surface area contributed by atoms with Crippen LogP contribution < -0.4 is 10.6 Å². The maximum absolute atomic E-state index is 13.3. The van der Waals surface area contributed by atoms with E-state index in [1.165, 1.54) is 19.1 Å². The molecule has 8 heteroatoms. The molecule has 2 aliphatic rings. The first-order valence-corrected chi connectivity index (χ1v) is 11.5. The lowest BCUT2D eigenvalue weighted by Gasteiger charge is -2.37. The minimum absolute atomic E-state index is 0.00674. The summed E-state index contributed by atoms with van der Waals surface area (Å²) in [7, 11) is 2.49. The fraction of sp³-hybridized carbons (Fsp3) is 0.296. The average molecular weight is 473 g/mol. The van der Waals surface area contributed by atoms with Crippen molar-refractivity contribution in [2.24, 2.45) is 5.73 Å². The predicted octanol–water partition coefficient (Wildman–Crippen LogP) is 3.18. The number of allylic oxidation sites excluding steroid dienone is 1. The van der Waals surface area contributed by atoms with Crippen LogP contribution in [0, 0.1) is 11.3 Å². The fourth-order valence-corrected chi connectivity index (χ4v) is 4.81. The zero-order valence-electron chi connectivity index (χ0n) is 19.9. The molecule has 0 aliphatic carbocycles. The largest absolute Gasteiger partial charge is 0.466 e. The van der Waals surface area contributed by atoms with Crippen LogP contribution in [0.2, 0.25) is 0 Å². The first-order chi connectivity index (χ1) is 17.0. The van der Waals surface area contributed by atoms with Crippen molar-refractivity contribution in [3.8, 4) is 6.07 Å². The van der Waals surface area contributed by atoms with E-state index in [-0.39, 0.29) is 22.7 Å². The van der Waals surface area contributed by atoms with E-state index in [0.29, 0.717) is 17.8 Å². The summed E-state index contributed by atoms with van der Waals surface area (Å²) in [6, 6.07) is 18.7. The molecule has 2 aromatic carbocycles. The monoisotopic (exact) mass is 472 g/mol. The number of esters is 2. The Bertz CT molecular complexity index is 1220. The maximum atomic E-state index is 13.3. The van der Waals surface area contributed by atoms with Gasteiger partial charge >= 0.3 is 11.9 Å². The van der Waals surface area contributed by atoms with Gasteiger partial charge in [0.25, 0.3) is 0 Å². The van der Waals surface area contributed by atoms with Gasteiger partial charge in [0.05, 0.1) is 43.0 Å². The molecule has 2 N–H and O–H groups in total. The molecule has 0 aromatic heterocycles. The topological polar surface area (TPSA) is 109 Å². The summed E-state index contributed by atoms with van der Waals surface area (Å²) in [5.74, 6) is -2.29. The molecule has 4 rings (SSSR count). The molecule has 0 amide bonds. The van der Waals surface area contributed by atoms with Gasteiger partial charge in [-0.2, -0.15) is 5.26 Å². The number of para-hydroxylation sites is 1. The molecule has 0 spiro atoms. The van der Waals surface area contributed by atoms with E-state index in [1.54, 1.807) is 24.3 Å². The zero-order chi connectivity index (χ0) is 24.9. The van der Waals surface area contributed by atoms with Gasteiger partial charge in [-0.05, 0) is 43.1 Å². The van der Waals surface area contributed by atoms with Gasteiger partial charge in [-0.25, -0.2) is 9.59 Å². The van der Waals surface area contributed by atoms with Crippen molar-refractivity contribution in [1.82, 2.24) is 4.90 Å². The zero-order valence-corrected chi connectivity index (χ0v) is 19.9. The highest BCUT2D eigenvalue weighted by molar-refractivity contribution is 6.06. The Morgan fingerprint density at radius 1 is 1.00 bits per heavy atom. The van der Waals surface area contributed by atoms with E-state index < -0.39 is 17.9 Å². The van der Waals surface area contributed by atoms with Gasteiger partial charge in [0.1, 0.15) is 11.5 Å². The van der Waals surface area contributed by atoms with Crippen molar-refractivity contribution in [3.63, 3.8) is 0 Å². The number of carbonyl (C=O) groups excluding carboxylic acids is 2. The smallest absolute Gasteiger partial charge is 0.355 e.